The van der Waals surface area contributed by atoms with Gasteiger partial charge < -0.3 is 19.6 Å². The van der Waals surface area contributed by atoms with Crippen molar-refractivity contribution in [2.45, 2.75) is 51.4 Å². The maximum atomic E-state index is 12.7. The highest BCUT2D eigenvalue weighted by Gasteiger charge is 2.32. The Hall–Kier alpha value is -2.67. The average Bonchev–Trinajstić information content (AvgIpc) is 3.24. The number of nitrogens with zero attached hydrogens (tertiary/aromatic N) is 1. The van der Waals surface area contributed by atoms with E-state index in [1.54, 1.807) is 0 Å². The van der Waals surface area contributed by atoms with Gasteiger partial charge in [0.2, 0.25) is 5.91 Å². The van der Waals surface area contributed by atoms with Crippen molar-refractivity contribution in [1.82, 2.24) is 10.3 Å². The molecule has 28 heavy (non-hydrogen) atoms. The summed E-state index contributed by atoms with van der Waals surface area (Å²) in [5.41, 5.74) is 1.39. The lowest BCUT2D eigenvalue weighted by Crippen LogP contribution is -2.35. The summed E-state index contributed by atoms with van der Waals surface area (Å²) in [6.45, 7) is 0.168. The molecule has 1 aliphatic rings. The number of hydrogen-bond donors (Lipinski definition) is 2. The Morgan fingerprint density at radius 3 is 2.61 bits per heavy atom. The summed E-state index contributed by atoms with van der Waals surface area (Å²) in [6, 6.07) is 9.29. The van der Waals surface area contributed by atoms with Gasteiger partial charge in [-0.15, -0.1) is 0 Å². The van der Waals surface area contributed by atoms with E-state index >= 15 is 0 Å². The number of carbonyl (C=O) groups is 2. The van der Waals surface area contributed by atoms with Gasteiger partial charge in [0, 0.05) is 12.0 Å². The quantitative estimate of drug-likeness (QED) is 0.638. The van der Waals surface area contributed by atoms with Crippen LogP contribution in [0.4, 0.5) is 0 Å². The van der Waals surface area contributed by atoms with Crippen LogP contribution in [0.5, 0.6) is 0 Å². The Morgan fingerprint density at radius 2 is 1.96 bits per heavy atom. The van der Waals surface area contributed by atoms with Gasteiger partial charge in [-0.1, -0.05) is 49.6 Å². The van der Waals surface area contributed by atoms with Crippen molar-refractivity contribution in [3.63, 3.8) is 0 Å². The van der Waals surface area contributed by atoms with Gasteiger partial charge in [0.15, 0.2) is 12.6 Å². The van der Waals surface area contributed by atoms with E-state index in [9.17, 15) is 14.7 Å². The molecule has 150 valence electrons. The molecule has 0 aliphatic heterocycles. The van der Waals surface area contributed by atoms with Gasteiger partial charge in [0.25, 0.3) is 0 Å². The highest BCUT2D eigenvalue weighted by atomic mass is 16.5. The van der Waals surface area contributed by atoms with Gasteiger partial charge >= 0.3 is 5.97 Å². The van der Waals surface area contributed by atoms with Crippen LogP contribution in [0.25, 0.3) is 0 Å². The number of amides is 1. The zero-order chi connectivity index (χ0) is 19.8. The SMILES string of the molecule is O=C(CC(C(=O)O)C1CCCCC1)NC(OCc1cocn1)c1ccccc1. The van der Waals surface area contributed by atoms with Gasteiger partial charge in [-0.3, -0.25) is 9.59 Å². The van der Waals surface area contributed by atoms with Crippen molar-refractivity contribution in [3.8, 4) is 0 Å². The first kappa shape index (κ1) is 20.1. The number of oxazole rings is 1. The van der Waals surface area contributed by atoms with E-state index in [-0.39, 0.29) is 24.9 Å². The molecular formula is C21H26N2O5. The number of carboxylic acids is 1. The first-order valence-corrected chi connectivity index (χ1v) is 9.69. The molecule has 0 spiro atoms. The van der Waals surface area contributed by atoms with Crippen LogP contribution < -0.4 is 5.32 Å². The second kappa shape index (κ2) is 10.0. The van der Waals surface area contributed by atoms with Gasteiger partial charge in [0.1, 0.15) is 12.0 Å². The largest absolute Gasteiger partial charge is 0.481 e. The normalized spacial score (nSPS) is 17.0. The maximum Gasteiger partial charge on any atom is 0.307 e. The zero-order valence-electron chi connectivity index (χ0n) is 15.8. The lowest BCUT2D eigenvalue weighted by Gasteiger charge is -2.28. The number of nitrogens with one attached hydrogen (secondary N) is 1. The standard InChI is InChI=1S/C21H26N2O5/c24-19(11-18(21(25)26)15-7-3-1-4-8-15)23-20(16-9-5-2-6-10-16)28-13-17-12-27-14-22-17/h2,5-6,9-10,12,14-15,18,20H,1,3-4,7-8,11,13H2,(H,23,24)(H,25,26). The van der Waals surface area contributed by atoms with Crippen LogP contribution in [-0.2, 0) is 20.9 Å². The Balaban J connectivity index is 1.64. The van der Waals surface area contributed by atoms with Crippen LogP contribution in [-0.4, -0.2) is 22.0 Å². The number of carbonyl (C=O) groups excluding carboxylic acids is 1. The number of hydrogen-bond acceptors (Lipinski definition) is 5. The molecule has 1 amide bonds. The minimum absolute atomic E-state index is 0.0450. The predicted octanol–water partition coefficient (Wildman–Crippen LogP) is 3.68. The topological polar surface area (TPSA) is 102 Å². The molecule has 0 saturated heterocycles. The van der Waals surface area contributed by atoms with Gasteiger partial charge in [0.05, 0.1) is 12.5 Å². The summed E-state index contributed by atoms with van der Waals surface area (Å²) in [7, 11) is 0. The van der Waals surface area contributed by atoms with Crippen LogP contribution in [0, 0.1) is 11.8 Å². The fraction of sp³-hybridized carbons (Fsp3) is 0.476. The molecule has 2 N–H and O–H groups in total. The number of ether oxygens (including phenoxy) is 1. The first-order chi connectivity index (χ1) is 13.6. The van der Waals surface area contributed by atoms with E-state index in [2.05, 4.69) is 10.3 Å². The Labute approximate surface area is 164 Å². The molecule has 7 heteroatoms. The number of carboxylic acid groups (broad SMARTS) is 1. The molecule has 1 aromatic carbocycles. The molecule has 1 aromatic heterocycles. The van der Waals surface area contributed by atoms with E-state index in [1.165, 1.54) is 12.7 Å². The Morgan fingerprint density at radius 1 is 1.21 bits per heavy atom. The molecular weight excluding hydrogens is 360 g/mol. The van der Waals surface area contributed by atoms with E-state index < -0.39 is 18.1 Å². The first-order valence-electron chi connectivity index (χ1n) is 9.69. The lowest BCUT2D eigenvalue weighted by molar-refractivity contribution is -0.147. The van der Waals surface area contributed by atoms with E-state index in [0.29, 0.717) is 5.69 Å². The van der Waals surface area contributed by atoms with Crippen LogP contribution >= 0.6 is 0 Å². The van der Waals surface area contributed by atoms with Crippen LogP contribution in [0.3, 0.4) is 0 Å². The van der Waals surface area contributed by atoms with Crippen LogP contribution in [0.15, 0.2) is 47.4 Å². The molecule has 1 heterocycles. The number of aliphatic carboxylic acids is 1. The van der Waals surface area contributed by atoms with Crippen molar-refractivity contribution in [2.24, 2.45) is 11.8 Å². The van der Waals surface area contributed by atoms with Crippen molar-refractivity contribution in [1.29, 1.82) is 0 Å². The molecule has 3 rings (SSSR count). The smallest absolute Gasteiger partial charge is 0.307 e. The number of benzene rings is 1. The fourth-order valence-corrected chi connectivity index (χ4v) is 3.72. The second-order valence-corrected chi connectivity index (χ2v) is 7.20. The summed E-state index contributed by atoms with van der Waals surface area (Å²) in [5, 5.41) is 12.5. The molecule has 1 aliphatic carbocycles. The van der Waals surface area contributed by atoms with Crippen molar-refractivity contribution >= 4 is 11.9 Å². The maximum absolute atomic E-state index is 12.7. The highest BCUT2D eigenvalue weighted by Crippen LogP contribution is 2.32. The highest BCUT2D eigenvalue weighted by molar-refractivity contribution is 5.82. The molecule has 0 bridgehead atoms. The summed E-state index contributed by atoms with van der Waals surface area (Å²) < 4.78 is 10.8. The molecule has 7 nitrogen and oxygen atoms in total. The molecule has 2 aromatic rings. The molecule has 0 radical (unpaired) electrons. The fourth-order valence-electron chi connectivity index (χ4n) is 3.72. The summed E-state index contributed by atoms with van der Waals surface area (Å²) in [5.74, 6) is -1.83. The third kappa shape index (κ3) is 5.66. The summed E-state index contributed by atoms with van der Waals surface area (Å²) >= 11 is 0. The summed E-state index contributed by atoms with van der Waals surface area (Å²) in [6.07, 6.45) is 7.00. The molecule has 1 fully saturated rings. The molecule has 2 unspecified atom stereocenters. The third-order valence-corrected chi connectivity index (χ3v) is 5.22. The Kier molecular flexibility index (Phi) is 7.19. The van der Waals surface area contributed by atoms with Crippen molar-refractivity contribution < 1.29 is 23.8 Å². The van der Waals surface area contributed by atoms with E-state index in [1.807, 2.05) is 30.3 Å². The minimum atomic E-state index is -0.901. The monoisotopic (exact) mass is 386 g/mol. The molecule has 2 atom stereocenters. The zero-order valence-corrected chi connectivity index (χ0v) is 15.8. The van der Waals surface area contributed by atoms with Gasteiger partial charge in [-0.2, -0.15) is 0 Å². The second-order valence-electron chi connectivity index (χ2n) is 7.20. The summed E-state index contributed by atoms with van der Waals surface area (Å²) in [4.78, 5) is 28.4. The van der Waals surface area contributed by atoms with E-state index in [4.69, 9.17) is 9.15 Å². The average molecular weight is 386 g/mol. The van der Waals surface area contributed by atoms with Crippen LogP contribution in [0.1, 0.15) is 56.0 Å². The third-order valence-electron chi connectivity index (χ3n) is 5.22. The van der Waals surface area contributed by atoms with E-state index in [0.717, 1.165) is 37.7 Å². The van der Waals surface area contributed by atoms with Gasteiger partial charge in [-0.25, -0.2) is 4.98 Å². The molecule has 1 saturated carbocycles. The van der Waals surface area contributed by atoms with Crippen molar-refractivity contribution in [2.75, 3.05) is 0 Å². The lowest BCUT2D eigenvalue weighted by atomic mass is 9.78. The predicted molar refractivity (Wildman–Crippen MR) is 101 cm³/mol. The number of aromatic nitrogens is 1. The van der Waals surface area contributed by atoms with Crippen molar-refractivity contribution in [3.05, 3.63) is 54.2 Å². The minimum Gasteiger partial charge on any atom is -0.481 e. The van der Waals surface area contributed by atoms with Crippen LogP contribution in [0.2, 0.25) is 0 Å². The van der Waals surface area contributed by atoms with Gasteiger partial charge in [-0.05, 0) is 18.8 Å². The Bertz CT molecular complexity index is 741. The number of rotatable bonds is 9.